The van der Waals surface area contributed by atoms with Crippen molar-refractivity contribution < 1.29 is 9.53 Å². The third-order valence-electron chi connectivity index (χ3n) is 2.27. The van der Waals surface area contributed by atoms with E-state index in [0.29, 0.717) is 27.8 Å². The molecule has 0 aromatic heterocycles. The number of methoxy groups -OCH3 is 1. The van der Waals surface area contributed by atoms with Crippen molar-refractivity contribution in [3.63, 3.8) is 0 Å². The molecule has 0 radical (unpaired) electrons. The van der Waals surface area contributed by atoms with E-state index in [0.717, 1.165) is 12.8 Å². The number of rotatable bonds is 5. The average molecular weight is 261 g/mol. The lowest BCUT2D eigenvalue weighted by molar-refractivity contribution is 0.0977. The Labute approximate surface area is 106 Å². The Morgan fingerprint density at radius 2 is 2.06 bits per heavy atom. The Bertz CT molecular complexity index is 389. The van der Waals surface area contributed by atoms with Crippen molar-refractivity contribution in [1.82, 2.24) is 0 Å². The predicted molar refractivity (Wildman–Crippen MR) is 66.9 cm³/mol. The van der Waals surface area contributed by atoms with E-state index < -0.39 is 0 Å². The minimum absolute atomic E-state index is 0.0168. The molecule has 0 N–H and O–H groups in total. The van der Waals surface area contributed by atoms with Gasteiger partial charge in [0.1, 0.15) is 5.75 Å². The van der Waals surface area contributed by atoms with Crippen molar-refractivity contribution in [3.05, 3.63) is 27.7 Å². The van der Waals surface area contributed by atoms with E-state index in [1.807, 2.05) is 6.92 Å². The van der Waals surface area contributed by atoms with Crippen LogP contribution in [0.15, 0.2) is 12.1 Å². The molecule has 0 amide bonds. The zero-order valence-corrected chi connectivity index (χ0v) is 10.9. The molecule has 4 heteroatoms. The summed E-state index contributed by atoms with van der Waals surface area (Å²) in [5.41, 5.74) is 0.466. The zero-order chi connectivity index (χ0) is 12.1. The number of unbranched alkanes of at least 4 members (excludes halogenated alkanes) is 1. The van der Waals surface area contributed by atoms with E-state index in [-0.39, 0.29) is 5.78 Å². The Kier molecular flexibility index (Phi) is 5.10. The number of halogens is 2. The molecule has 0 spiro atoms. The molecule has 0 unspecified atom stereocenters. The minimum atomic E-state index is 0.0168. The number of benzene rings is 1. The highest BCUT2D eigenvalue weighted by Gasteiger charge is 2.15. The monoisotopic (exact) mass is 260 g/mol. The number of hydrogen-bond acceptors (Lipinski definition) is 2. The Balaban J connectivity index is 3.05. The van der Waals surface area contributed by atoms with Crippen LogP contribution in [0.25, 0.3) is 0 Å². The highest BCUT2D eigenvalue weighted by molar-refractivity contribution is 6.36. The second-order valence-electron chi connectivity index (χ2n) is 3.50. The summed E-state index contributed by atoms with van der Waals surface area (Å²) in [6.07, 6.45) is 2.32. The van der Waals surface area contributed by atoms with Gasteiger partial charge in [0.25, 0.3) is 0 Å². The molecule has 0 aliphatic heterocycles. The third kappa shape index (κ3) is 3.13. The van der Waals surface area contributed by atoms with Crippen molar-refractivity contribution in [1.29, 1.82) is 0 Å². The largest absolute Gasteiger partial charge is 0.494 e. The third-order valence-corrected chi connectivity index (χ3v) is 2.77. The SMILES string of the molecule is CCCCC(=O)c1cc(Cl)cc(Cl)c1OC. The van der Waals surface area contributed by atoms with Crippen LogP contribution in [-0.4, -0.2) is 12.9 Å². The molecule has 1 aromatic carbocycles. The molecule has 0 aliphatic rings. The van der Waals surface area contributed by atoms with Crippen LogP contribution in [0.5, 0.6) is 5.75 Å². The maximum absolute atomic E-state index is 11.9. The van der Waals surface area contributed by atoms with Crippen molar-refractivity contribution in [3.8, 4) is 5.75 Å². The molecule has 0 saturated carbocycles. The van der Waals surface area contributed by atoms with Crippen LogP contribution in [0.3, 0.4) is 0 Å². The van der Waals surface area contributed by atoms with E-state index in [4.69, 9.17) is 27.9 Å². The molecule has 0 heterocycles. The maximum Gasteiger partial charge on any atom is 0.166 e. The van der Waals surface area contributed by atoms with Gasteiger partial charge in [0.15, 0.2) is 5.78 Å². The summed E-state index contributed by atoms with van der Waals surface area (Å²) in [6.45, 7) is 2.04. The normalized spacial score (nSPS) is 10.2. The van der Waals surface area contributed by atoms with Gasteiger partial charge in [-0.25, -0.2) is 0 Å². The van der Waals surface area contributed by atoms with Gasteiger partial charge in [-0.15, -0.1) is 0 Å². The zero-order valence-electron chi connectivity index (χ0n) is 9.35. The van der Waals surface area contributed by atoms with Gasteiger partial charge >= 0.3 is 0 Å². The van der Waals surface area contributed by atoms with Crippen LogP contribution in [0, 0.1) is 0 Å². The lowest BCUT2D eigenvalue weighted by atomic mass is 10.0. The van der Waals surface area contributed by atoms with E-state index >= 15 is 0 Å². The molecular weight excluding hydrogens is 247 g/mol. The molecule has 88 valence electrons. The smallest absolute Gasteiger partial charge is 0.166 e. The molecule has 1 rings (SSSR count). The molecule has 0 fully saturated rings. The Hall–Kier alpha value is -0.730. The summed E-state index contributed by atoms with van der Waals surface area (Å²) in [7, 11) is 1.49. The predicted octanol–water partition coefficient (Wildman–Crippen LogP) is 4.37. The van der Waals surface area contributed by atoms with Gasteiger partial charge in [0, 0.05) is 11.4 Å². The summed E-state index contributed by atoms with van der Waals surface area (Å²) >= 11 is 11.8. The lowest BCUT2D eigenvalue weighted by Crippen LogP contribution is -2.02. The first kappa shape index (κ1) is 13.3. The summed E-state index contributed by atoms with van der Waals surface area (Å²) < 4.78 is 5.12. The Morgan fingerprint density at radius 3 is 2.62 bits per heavy atom. The lowest BCUT2D eigenvalue weighted by Gasteiger charge is -2.09. The van der Waals surface area contributed by atoms with Gasteiger partial charge in [-0.1, -0.05) is 36.5 Å². The van der Waals surface area contributed by atoms with E-state index in [1.165, 1.54) is 7.11 Å². The molecule has 1 aromatic rings. The van der Waals surface area contributed by atoms with Crippen LogP contribution in [0.1, 0.15) is 36.5 Å². The Morgan fingerprint density at radius 1 is 1.38 bits per heavy atom. The number of ketones is 1. The van der Waals surface area contributed by atoms with Crippen molar-refractivity contribution in [2.24, 2.45) is 0 Å². The van der Waals surface area contributed by atoms with Gasteiger partial charge in [-0.3, -0.25) is 4.79 Å². The fourth-order valence-corrected chi connectivity index (χ4v) is 2.02. The number of ether oxygens (including phenoxy) is 1. The second-order valence-corrected chi connectivity index (χ2v) is 4.34. The summed E-state index contributed by atoms with van der Waals surface area (Å²) in [6, 6.07) is 3.17. The molecule has 0 saturated heterocycles. The first-order valence-corrected chi connectivity index (χ1v) is 5.92. The number of carbonyl (C=O) groups excluding carboxylic acids is 1. The summed E-state index contributed by atoms with van der Waals surface area (Å²) in [5.74, 6) is 0.426. The van der Waals surface area contributed by atoms with Crippen molar-refractivity contribution >= 4 is 29.0 Å². The molecule has 16 heavy (non-hydrogen) atoms. The van der Waals surface area contributed by atoms with Gasteiger partial charge in [0.05, 0.1) is 17.7 Å². The minimum Gasteiger partial charge on any atom is -0.494 e. The maximum atomic E-state index is 11.9. The molecular formula is C12H14Cl2O2. The van der Waals surface area contributed by atoms with Crippen LogP contribution >= 0.6 is 23.2 Å². The fraction of sp³-hybridized carbons (Fsp3) is 0.417. The van der Waals surface area contributed by atoms with Gasteiger partial charge in [-0.2, -0.15) is 0 Å². The highest BCUT2D eigenvalue weighted by Crippen LogP contribution is 2.33. The standard InChI is InChI=1S/C12H14Cl2O2/c1-3-4-5-11(15)9-6-8(13)7-10(14)12(9)16-2/h6-7H,3-5H2,1-2H3. The molecule has 0 bridgehead atoms. The van der Waals surface area contributed by atoms with Gasteiger partial charge in [-0.05, 0) is 18.6 Å². The van der Waals surface area contributed by atoms with Crippen LogP contribution in [0.2, 0.25) is 10.0 Å². The first-order chi connectivity index (χ1) is 7.60. The average Bonchev–Trinajstić information content (AvgIpc) is 2.24. The topological polar surface area (TPSA) is 26.3 Å². The summed E-state index contributed by atoms with van der Waals surface area (Å²) in [4.78, 5) is 11.9. The summed E-state index contributed by atoms with van der Waals surface area (Å²) in [5, 5.41) is 0.820. The highest BCUT2D eigenvalue weighted by atomic mass is 35.5. The molecule has 0 atom stereocenters. The van der Waals surface area contributed by atoms with E-state index in [9.17, 15) is 4.79 Å². The van der Waals surface area contributed by atoms with E-state index in [1.54, 1.807) is 12.1 Å². The second kappa shape index (κ2) is 6.12. The van der Waals surface area contributed by atoms with E-state index in [2.05, 4.69) is 0 Å². The van der Waals surface area contributed by atoms with Crippen molar-refractivity contribution in [2.75, 3.05) is 7.11 Å². The molecule has 0 aliphatic carbocycles. The van der Waals surface area contributed by atoms with Gasteiger partial charge in [0.2, 0.25) is 0 Å². The fourth-order valence-electron chi connectivity index (χ4n) is 1.45. The number of carbonyl (C=O) groups is 1. The molecule has 2 nitrogen and oxygen atoms in total. The number of hydrogen-bond donors (Lipinski definition) is 0. The van der Waals surface area contributed by atoms with Crippen LogP contribution < -0.4 is 4.74 Å². The quantitative estimate of drug-likeness (QED) is 0.735. The van der Waals surface area contributed by atoms with Crippen LogP contribution in [-0.2, 0) is 0 Å². The first-order valence-electron chi connectivity index (χ1n) is 5.16. The van der Waals surface area contributed by atoms with Crippen LogP contribution in [0.4, 0.5) is 0 Å². The van der Waals surface area contributed by atoms with Crippen molar-refractivity contribution in [2.45, 2.75) is 26.2 Å². The number of Topliss-reactive ketones (excluding diaryl/α,β-unsaturated/α-hetero) is 1. The van der Waals surface area contributed by atoms with Gasteiger partial charge < -0.3 is 4.74 Å².